The fourth-order valence-corrected chi connectivity index (χ4v) is 2.85. The lowest BCUT2D eigenvalue weighted by molar-refractivity contribution is -0.119. The van der Waals surface area contributed by atoms with Crippen LogP contribution in [-0.4, -0.2) is 29.3 Å². The molecule has 0 bridgehead atoms. The lowest BCUT2D eigenvalue weighted by Gasteiger charge is -2.24. The number of hydrogen-bond acceptors (Lipinski definition) is 2. The maximum Gasteiger partial charge on any atom is 0.257 e. The van der Waals surface area contributed by atoms with E-state index in [0.29, 0.717) is 25.1 Å². The highest BCUT2D eigenvalue weighted by Crippen LogP contribution is 2.23. The summed E-state index contributed by atoms with van der Waals surface area (Å²) in [6, 6.07) is 10.9. The van der Waals surface area contributed by atoms with Gasteiger partial charge in [-0.1, -0.05) is 18.2 Å². The van der Waals surface area contributed by atoms with Crippen molar-refractivity contribution in [3.63, 3.8) is 0 Å². The Hall–Kier alpha value is -2.76. The first-order valence-corrected chi connectivity index (χ1v) is 7.68. The van der Waals surface area contributed by atoms with Gasteiger partial charge < -0.3 is 10.2 Å². The van der Waals surface area contributed by atoms with Gasteiger partial charge in [0, 0.05) is 12.2 Å². The van der Waals surface area contributed by atoms with E-state index in [1.807, 2.05) is 6.07 Å². The van der Waals surface area contributed by atoms with Crippen molar-refractivity contribution in [1.29, 1.82) is 0 Å². The molecule has 124 valence electrons. The average molecular weight is 330 g/mol. The van der Waals surface area contributed by atoms with Gasteiger partial charge in [0.1, 0.15) is 17.7 Å². The molecule has 3 rings (SSSR count). The van der Waals surface area contributed by atoms with Crippen LogP contribution < -0.4 is 5.32 Å². The molecule has 1 unspecified atom stereocenters. The van der Waals surface area contributed by atoms with Crippen molar-refractivity contribution >= 4 is 17.5 Å². The second-order valence-electron chi connectivity index (χ2n) is 5.64. The van der Waals surface area contributed by atoms with E-state index in [9.17, 15) is 18.4 Å². The summed E-state index contributed by atoms with van der Waals surface area (Å²) in [7, 11) is 0. The number of carbonyl (C=O) groups is 2. The third-order valence-electron chi connectivity index (χ3n) is 4.02. The molecule has 1 fully saturated rings. The van der Waals surface area contributed by atoms with Gasteiger partial charge in [-0.05, 0) is 43.2 Å². The van der Waals surface area contributed by atoms with Crippen LogP contribution in [0.15, 0.2) is 48.5 Å². The lowest BCUT2D eigenvalue weighted by Crippen LogP contribution is -2.43. The standard InChI is InChI=1S/C18H16F2N2O2/c19-12-8-9-15(20)14(11-12)18(24)22-10-4-7-16(22)17(23)21-13-5-2-1-3-6-13/h1-3,5-6,8-9,11,16H,4,7,10H2,(H,21,23). The molecule has 2 amide bonds. The first-order valence-electron chi connectivity index (χ1n) is 7.68. The highest BCUT2D eigenvalue weighted by molar-refractivity contribution is 6.01. The molecule has 0 aromatic heterocycles. The van der Waals surface area contributed by atoms with Crippen LogP contribution in [0.25, 0.3) is 0 Å². The van der Waals surface area contributed by atoms with Gasteiger partial charge in [-0.3, -0.25) is 9.59 Å². The van der Waals surface area contributed by atoms with Gasteiger partial charge in [0.05, 0.1) is 5.56 Å². The number of halogens is 2. The van der Waals surface area contributed by atoms with Crippen LogP contribution in [0, 0.1) is 11.6 Å². The monoisotopic (exact) mass is 330 g/mol. The minimum Gasteiger partial charge on any atom is -0.327 e. The van der Waals surface area contributed by atoms with Crippen molar-refractivity contribution in [1.82, 2.24) is 4.90 Å². The number of hydrogen-bond donors (Lipinski definition) is 1. The van der Waals surface area contributed by atoms with Gasteiger partial charge in [0.2, 0.25) is 5.91 Å². The molecule has 2 aromatic carbocycles. The third kappa shape index (κ3) is 3.27. The minimum absolute atomic E-state index is 0.330. The highest BCUT2D eigenvalue weighted by Gasteiger charge is 2.35. The van der Waals surface area contributed by atoms with Crippen molar-refractivity contribution < 1.29 is 18.4 Å². The van der Waals surface area contributed by atoms with Crippen LogP contribution in [0.3, 0.4) is 0 Å². The zero-order valence-corrected chi connectivity index (χ0v) is 12.8. The van der Waals surface area contributed by atoms with Crippen LogP contribution in [0.1, 0.15) is 23.2 Å². The zero-order valence-electron chi connectivity index (χ0n) is 12.8. The first kappa shape index (κ1) is 16.1. The average Bonchev–Trinajstić information content (AvgIpc) is 3.07. The molecule has 24 heavy (non-hydrogen) atoms. The Morgan fingerprint density at radius 2 is 1.83 bits per heavy atom. The molecule has 2 aromatic rings. The Kier molecular flexibility index (Phi) is 4.55. The number of rotatable bonds is 3. The fraction of sp³-hybridized carbons (Fsp3) is 0.222. The summed E-state index contributed by atoms with van der Waals surface area (Å²) in [4.78, 5) is 26.3. The number of nitrogens with one attached hydrogen (secondary N) is 1. The van der Waals surface area contributed by atoms with Crippen molar-refractivity contribution in [2.75, 3.05) is 11.9 Å². The Labute approximate surface area is 138 Å². The van der Waals surface area contributed by atoms with E-state index in [-0.39, 0.29) is 11.5 Å². The van der Waals surface area contributed by atoms with Crippen LogP contribution in [0.5, 0.6) is 0 Å². The molecule has 1 saturated heterocycles. The van der Waals surface area contributed by atoms with Crippen molar-refractivity contribution in [3.8, 4) is 0 Å². The second kappa shape index (κ2) is 6.78. The van der Waals surface area contributed by atoms with E-state index in [2.05, 4.69) is 5.32 Å². The summed E-state index contributed by atoms with van der Waals surface area (Å²) in [6.07, 6.45) is 1.12. The molecule has 1 heterocycles. The molecule has 4 nitrogen and oxygen atoms in total. The van der Waals surface area contributed by atoms with E-state index < -0.39 is 23.6 Å². The molecule has 1 N–H and O–H groups in total. The number of likely N-dealkylation sites (tertiary alicyclic amines) is 1. The Balaban J connectivity index is 1.78. The predicted octanol–water partition coefficient (Wildman–Crippen LogP) is 3.21. The third-order valence-corrected chi connectivity index (χ3v) is 4.02. The number of amides is 2. The van der Waals surface area contributed by atoms with E-state index in [1.54, 1.807) is 24.3 Å². The number of carbonyl (C=O) groups excluding carboxylic acids is 2. The zero-order chi connectivity index (χ0) is 17.1. The Morgan fingerprint density at radius 3 is 2.58 bits per heavy atom. The van der Waals surface area contributed by atoms with Crippen molar-refractivity contribution in [3.05, 3.63) is 65.7 Å². The fourth-order valence-electron chi connectivity index (χ4n) is 2.85. The van der Waals surface area contributed by atoms with Crippen LogP contribution in [0.4, 0.5) is 14.5 Å². The summed E-state index contributed by atoms with van der Waals surface area (Å²) in [5.74, 6) is -2.48. The van der Waals surface area contributed by atoms with Crippen LogP contribution in [-0.2, 0) is 4.79 Å². The molecule has 1 aliphatic rings. The van der Waals surface area contributed by atoms with E-state index in [4.69, 9.17) is 0 Å². The lowest BCUT2D eigenvalue weighted by atomic mass is 10.1. The van der Waals surface area contributed by atoms with Gasteiger partial charge >= 0.3 is 0 Å². The number of nitrogens with zero attached hydrogens (tertiary/aromatic N) is 1. The van der Waals surface area contributed by atoms with Gasteiger partial charge in [-0.15, -0.1) is 0 Å². The first-order chi connectivity index (χ1) is 11.6. The topological polar surface area (TPSA) is 49.4 Å². The van der Waals surface area contributed by atoms with Gasteiger partial charge in [0.15, 0.2) is 0 Å². The Morgan fingerprint density at radius 1 is 1.08 bits per heavy atom. The highest BCUT2D eigenvalue weighted by atomic mass is 19.1. The predicted molar refractivity (Wildman–Crippen MR) is 85.5 cm³/mol. The van der Waals surface area contributed by atoms with Gasteiger partial charge in [-0.2, -0.15) is 0 Å². The SMILES string of the molecule is O=C(Nc1ccccc1)C1CCCN1C(=O)c1cc(F)ccc1F. The van der Waals surface area contributed by atoms with Crippen LogP contribution >= 0.6 is 0 Å². The molecule has 0 aliphatic carbocycles. The molecule has 1 aliphatic heterocycles. The second-order valence-corrected chi connectivity index (χ2v) is 5.64. The summed E-state index contributed by atoms with van der Waals surface area (Å²) >= 11 is 0. The van der Waals surface area contributed by atoms with Crippen LogP contribution in [0.2, 0.25) is 0 Å². The smallest absolute Gasteiger partial charge is 0.257 e. The molecule has 0 radical (unpaired) electrons. The van der Waals surface area contributed by atoms with E-state index >= 15 is 0 Å². The van der Waals surface area contributed by atoms with E-state index in [0.717, 1.165) is 18.2 Å². The molecule has 1 atom stereocenters. The molecular formula is C18H16F2N2O2. The maximum atomic E-state index is 13.8. The van der Waals surface area contributed by atoms with Gasteiger partial charge in [-0.25, -0.2) is 8.78 Å². The minimum atomic E-state index is -0.796. The van der Waals surface area contributed by atoms with Crippen molar-refractivity contribution in [2.45, 2.75) is 18.9 Å². The normalized spacial score (nSPS) is 16.9. The molecule has 0 saturated carbocycles. The van der Waals surface area contributed by atoms with Crippen molar-refractivity contribution in [2.24, 2.45) is 0 Å². The summed E-state index contributed by atoms with van der Waals surface area (Å²) in [5, 5.41) is 2.75. The summed E-state index contributed by atoms with van der Waals surface area (Å²) in [5.41, 5.74) is 0.271. The maximum absolute atomic E-state index is 13.8. The molecule has 6 heteroatoms. The molecule has 0 spiro atoms. The Bertz CT molecular complexity index is 765. The largest absolute Gasteiger partial charge is 0.327 e. The van der Waals surface area contributed by atoms with E-state index in [1.165, 1.54) is 4.90 Å². The molecular weight excluding hydrogens is 314 g/mol. The summed E-state index contributed by atoms with van der Waals surface area (Å²) in [6.45, 7) is 0.335. The van der Waals surface area contributed by atoms with Gasteiger partial charge in [0.25, 0.3) is 5.91 Å². The number of anilines is 1. The number of benzene rings is 2. The summed E-state index contributed by atoms with van der Waals surface area (Å²) < 4.78 is 27.2. The quantitative estimate of drug-likeness (QED) is 0.939. The number of para-hydroxylation sites is 1.